The molecule has 1 aromatic rings. The molecule has 2 amide bonds. The van der Waals surface area contributed by atoms with Crippen molar-refractivity contribution in [3.8, 4) is 5.75 Å². The fourth-order valence-electron chi connectivity index (χ4n) is 2.27. The number of nitrogens with one attached hydrogen (secondary N) is 1. The number of anilines is 1. The Hall–Kier alpha value is -1.69. The second kappa shape index (κ2) is 7.54. The van der Waals surface area contributed by atoms with Crippen LogP contribution in [0.25, 0.3) is 0 Å². The molecule has 6 heteroatoms. The van der Waals surface area contributed by atoms with E-state index in [4.69, 9.17) is 4.74 Å². The highest BCUT2D eigenvalue weighted by Gasteiger charge is 2.34. The summed E-state index contributed by atoms with van der Waals surface area (Å²) >= 11 is 1.61. The minimum absolute atomic E-state index is 0.0508. The highest BCUT2D eigenvalue weighted by atomic mass is 32.2. The smallest absolute Gasteiger partial charge is 0.248 e. The molecule has 22 heavy (non-hydrogen) atoms. The van der Waals surface area contributed by atoms with Crippen LogP contribution in [-0.4, -0.2) is 41.5 Å². The second-order valence-electron chi connectivity index (χ2n) is 5.69. The van der Waals surface area contributed by atoms with E-state index < -0.39 is 6.04 Å². The number of hydrogen-bond acceptors (Lipinski definition) is 4. The lowest BCUT2D eigenvalue weighted by Crippen LogP contribution is -2.44. The lowest BCUT2D eigenvalue weighted by Gasteiger charge is -2.24. The standard InChI is InChI=1S/C16H22N2O3S/c1-11(2)8-15(19)18-10-22-9-14(18)16(20)17-12-4-6-13(21-3)7-5-12/h4-7,11,14H,8-10H2,1-3H3,(H,17,20). The summed E-state index contributed by atoms with van der Waals surface area (Å²) in [5, 5.41) is 2.87. The molecule has 1 fully saturated rings. The van der Waals surface area contributed by atoms with Crippen LogP contribution < -0.4 is 10.1 Å². The van der Waals surface area contributed by atoms with Crippen molar-refractivity contribution in [3.63, 3.8) is 0 Å². The summed E-state index contributed by atoms with van der Waals surface area (Å²) in [6.45, 7) is 4.01. The first-order valence-electron chi connectivity index (χ1n) is 7.33. The SMILES string of the molecule is COc1ccc(NC(=O)C2CSCN2C(=O)CC(C)C)cc1. The number of ether oxygens (including phenoxy) is 1. The Balaban J connectivity index is 1.99. The predicted octanol–water partition coefficient (Wildman–Crippen LogP) is 2.58. The number of hydrogen-bond donors (Lipinski definition) is 1. The van der Waals surface area contributed by atoms with Gasteiger partial charge in [-0.3, -0.25) is 9.59 Å². The van der Waals surface area contributed by atoms with Crippen LogP contribution in [0.4, 0.5) is 5.69 Å². The topological polar surface area (TPSA) is 58.6 Å². The van der Waals surface area contributed by atoms with Gasteiger partial charge in [0.15, 0.2) is 0 Å². The molecule has 0 bridgehead atoms. The summed E-state index contributed by atoms with van der Waals surface area (Å²) in [4.78, 5) is 26.3. The van der Waals surface area contributed by atoms with Gasteiger partial charge in [-0.15, -0.1) is 11.8 Å². The quantitative estimate of drug-likeness (QED) is 0.905. The fraction of sp³-hybridized carbons (Fsp3) is 0.500. The molecule has 0 aliphatic carbocycles. The highest BCUT2D eigenvalue weighted by Crippen LogP contribution is 2.24. The predicted molar refractivity (Wildman–Crippen MR) is 89.0 cm³/mol. The maximum Gasteiger partial charge on any atom is 0.248 e. The third-order valence-electron chi connectivity index (χ3n) is 3.45. The summed E-state index contributed by atoms with van der Waals surface area (Å²) < 4.78 is 5.09. The zero-order chi connectivity index (χ0) is 16.1. The van der Waals surface area contributed by atoms with Crippen molar-refractivity contribution in [2.24, 2.45) is 5.92 Å². The molecule has 1 aliphatic rings. The Labute approximate surface area is 135 Å². The zero-order valence-electron chi connectivity index (χ0n) is 13.2. The van der Waals surface area contributed by atoms with E-state index in [2.05, 4.69) is 5.32 Å². The van der Waals surface area contributed by atoms with E-state index in [1.807, 2.05) is 13.8 Å². The van der Waals surface area contributed by atoms with Gasteiger partial charge < -0.3 is 15.0 Å². The first-order valence-corrected chi connectivity index (χ1v) is 8.49. The van der Waals surface area contributed by atoms with E-state index in [-0.39, 0.29) is 11.8 Å². The molecule has 0 saturated carbocycles. The van der Waals surface area contributed by atoms with Crippen molar-refractivity contribution in [2.75, 3.05) is 24.1 Å². The number of nitrogens with zero attached hydrogens (tertiary/aromatic N) is 1. The van der Waals surface area contributed by atoms with Crippen molar-refractivity contribution in [1.82, 2.24) is 4.90 Å². The third-order valence-corrected chi connectivity index (χ3v) is 4.46. The molecule has 0 spiro atoms. The first kappa shape index (κ1) is 16.7. The van der Waals surface area contributed by atoms with E-state index in [9.17, 15) is 9.59 Å². The maximum atomic E-state index is 12.4. The van der Waals surface area contributed by atoms with Crippen LogP contribution in [0.2, 0.25) is 0 Å². The van der Waals surface area contributed by atoms with Gasteiger partial charge in [0.05, 0.1) is 13.0 Å². The average molecular weight is 322 g/mol. The molecule has 120 valence electrons. The number of rotatable bonds is 5. The Kier molecular flexibility index (Phi) is 5.71. The highest BCUT2D eigenvalue weighted by molar-refractivity contribution is 7.99. The van der Waals surface area contributed by atoms with Gasteiger partial charge in [-0.05, 0) is 30.2 Å². The summed E-state index contributed by atoms with van der Waals surface area (Å²) in [6, 6.07) is 6.78. The van der Waals surface area contributed by atoms with Crippen molar-refractivity contribution >= 4 is 29.3 Å². The molecular formula is C16H22N2O3S. The molecule has 1 heterocycles. The lowest BCUT2D eigenvalue weighted by atomic mass is 10.1. The summed E-state index contributed by atoms with van der Waals surface area (Å²) in [6.07, 6.45) is 0.479. The van der Waals surface area contributed by atoms with E-state index in [0.717, 1.165) is 5.75 Å². The van der Waals surface area contributed by atoms with Crippen LogP contribution >= 0.6 is 11.8 Å². The fourth-order valence-corrected chi connectivity index (χ4v) is 3.45. The number of thioether (sulfide) groups is 1. The molecular weight excluding hydrogens is 300 g/mol. The summed E-state index contributed by atoms with van der Waals surface area (Å²) in [7, 11) is 1.60. The molecule has 1 N–H and O–H groups in total. The van der Waals surface area contributed by atoms with E-state index >= 15 is 0 Å². The lowest BCUT2D eigenvalue weighted by molar-refractivity contribution is -0.136. The van der Waals surface area contributed by atoms with Gasteiger partial charge in [0.25, 0.3) is 0 Å². The molecule has 5 nitrogen and oxygen atoms in total. The van der Waals surface area contributed by atoms with Crippen molar-refractivity contribution in [2.45, 2.75) is 26.3 Å². The molecule has 1 atom stereocenters. The van der Waals surface area contributed by atoms with Crippen LogP contribution in [0.3, 0.4) is 0 Å². The van der Waals surface area contributed by atoms with Crippen molar-refractivity contribution in [1.29, 1.82) is 0 Å². The maximum absolute atomic E-state index is 12.4. The Morgan fingerprint density at radius 2 is 2.05 bits per heavy atom. The van der Waals surface area contributed by atoms with Crippen LogP contribution in [0.15, 0.2) is 24.3 Å². The third kappa shape index (κ3) is 4.16. The normalized spacial score (nSPS) is 17.6. The molecule has 1 unspecified atom stereocenters. The molecule has 0 aromatic heterocycles. The molecule has 0 radical (unpaired) electrons. The summed E-state index contributed by atoms with van der Waals surface area (Å²) in [5.41, 5.74) is 0.707. The van der Waals surface area contributed by atoms with Crippen LogP contribution in [0.5, 0.6) is 5.75 Å². The van der Waals surface area contributed by atoms with E-state index in [1.165, 1.54) is 0 Å². The Morgan fingerprint density at radius 3 is 2.64 bits per heavy atom. The van der Waals surface area contributed by atoms with Crippen LogP contribution in [0, 0.1) is 5.92 Å². The van der Waals surface area contributed by atoms with E-state index in [1.54, 1.807) is 48.0 Å². The number of benzene rings is 1. The minimum atomic E-state index is -0.390. The van der Waals surface area contributed by atoms with Gasteiger partial charge >= 0.3 is 0 Å². The van der Waals surface area contributed by atoms with Gasteiger partial charge in [0, 0.05) is 17.9 Å². The number of amides is 2. The van der Waals surface area contributed by atoms with Gasteiger partial charge in [0.2, 0.25) is 11.8 Å². The number of methoxy groups -OCH3 is 1. The van der Waals surface area contributed by atoms with Gasteiger partial charge in [-0.1, -0.05) is 13.8 Å². The number of carbonyl (C=O) groups is 2. The minimum Gasteiger partial charge on any atom is -0.497 e. The summed E-state index contributed by atoms with van der Waals surface area (Å²) in [5.74, 6) is 2.19. The van der Waals surface area contributed by atoms with Crippen molar-refractivity contribution in [3.05, 3.63) is 24.3 Å². The first-order chi connectivity index (χ1) is 10.5. The van der Waals surface area contributed by atoms with Crippen LogP contribution in [0.1, 0.15) is 20.3 Å². The average Bonchev–Trinajstić information content (AvgIpc) is 2.97. The van der Waals surface area contributed by atoms with Crippen molar-refractivity contribution < 1.29 is 14.3 Å². The molecule has 2 rings (SSSR count). The van der Waals surface area contributed by atoms with Gasteiger partial charge in [-0.2, -0.15) is 0 Å². The molecule has 1 aromatic carbocycles. The van der Waals surface area contributed by atoms with Gasteiger partial charge in [-0.25, -0.2) is 0 Å². The van der Waals surface area contributed by atoms with E-state index in [0.29, 0.717) is 29.7 Å². The largest absolute Gasteiger partial charge is 0.497 e. The molecule has 1 aliphatic heterocycles. The zero-order valence-corrected chi connectivity index (χ0v) is 14.0. The second-order valence-corrected chi connectivity index (χ2v) is 6.69. The van der Waals surface area contributed by atoms with Gasteiger partial charge in [0.1, 0.15) is 11.8 Å². The number of carbonyl (C=O) groups excluding carboxylic acids is 2. The Morgan fingerprint density at radius 1 is 1.36 bits per heavy atom. The van der Waals surface area contributed by atoms with Crippen LogP contribution in [-0.2, 0) is 9.59 Å². The molecule has 1 saturated heterocycles. The Bertz CT molecular complexity index is 531. The monoisotopic (exact) mass is 322 g/mol.